The molecule has 0 bridgehead atoms. The van der Waals surface area contributed by atoms with Gasteiger partial charge in [-0.1, -0.05) is 42.2 Å². The van der Waals surface area contributed by atoms with Crippen molar-refractivity contribution in [3.63, 3.8) is 0 Å². The summed E-state index contributed by atoms with van der Waals surface area (Å²) >= 11 is 6.51. The van der Waals surface area contributed by atoms with Gasteiger partial charge in [0.15, 0.2) is 4.32 Å². The van der Waals surface area contributed by atoms with Crippen LogP contribution in [0.2, 0.25) is 0 Å². The zero-order chi connectivity index (χ0) is 17.1. The molecule has 1 saturated heterocycles. The molecular formula is C17H11N2O3S2-. The van der Waals surface area contributed by atoms with Gasteiger partial charge in [-0.3, -0.25) is 14.7 Å². The molecule has 120 valence electrons. The number of carboxylic acid groups (broad SMARTS) is 1. The molecule has 1 aromatic carbocycles. The molecular weight excluding hydrogens is 344 g/mol. The highest BCUT2D eigenvalue weighted by Gasteiger charge is 2.33. The summed E-state index contributed by atoms with van der Waals surface area (Å²) in [5.41, 5.74) is 1.89. The number of carbonyl (C=O) groups excluding carboxylic acids is 2. The van der Waals surface area contributed by atoms with Crippen LogP contribution in [0.15, 0.2) is 53.6 Å². The number of aromatic nitrogens is 1. The first-order valence-electron chi connectivity index (χ1n) is 7.02. The van der Waals surface area contributed by atoms with Crippen molar-refractivity contribution in [1.82, 2.24) is 4.98 Å². The maximum Gasteiger partial charge on any atom is 0.270 e. The second-order valence-electron chi connectivity index (χ2n) is 4.99. The van der Waals surface area contributed by atoms with Crippen LogP contribution in [0.3, 0.4) is 0 Å². The summed E-state index contributed by atoms with van der Waals surface area (Å²) in [6, 6.07) is 12.1. The lowest BCUT2D eigenvalue weighted by atomic mass is 10.1. The first kappa shape index (κ1) is 16.4. The number of anilines is 1. The number of carbonyl (C=O) groups is 2. The Bertz CT molecular complexity index is 833. The highest BCUT2D eigenvalue weighted by Crippen LogP contribution is 2.35. The Kier molecular flexibility index (Phi) is 4.73. The normalized spacial score (nSPS) is 16.0. The smallest absolute Gasteiger partial charge is 0.270 e. The Hall–Kier alpha value is -2.51. The number of pyridine rings is 1. The number of hydrogen-bond acceptors (Lipinski definition) is 6. The van der Waals surface area contributed by atoms with Gasteiger partial charge < -0.3 is 9.90 Å². The van der Waals surface area contributed by atoms with Crippen LogP contribution in [-0.4, -0.2) is 21.2 Å². The average molecular weight is 355 g/mol. The maximum atomic E-state index is 12.6. The van der Waals surface area contributed by atoms with Gasteiger partial charge in [-0.2, -0.15) is 0 Å². The van der Waals surface area contributed by atoms with Crippen LogP contribution in [0, 0.1) is 0 Å². The second kappa shape index (κ2) is 6.94. The summed E-state index contributed by atoms with van der Waals surface area (Å²) in [5, 5.41) is 10.6. The number of hydrogen-bond donors (Lipinski definition) is 0. The van der Waals surface area contributed by atoms with Crippen LogP contribution in [-0.2, 0) is 16.0 Å². The number of carboxylic acids is 1. The van der Waals surface area contributed by atoms with Crippen LogP contribution < -0.4 is 10.0 Å². The third-order valence-corrected chi connectivity index (χ3v) is 4.61. The predicted octanol–water partition coefficient (Wildman–Crippen LogP) is 1.78. The lowest BCUT2D eigenvalue weighted by Crippen LogP contribution is -2.27. The van der Waals surface area contributed by atoms with Crippen molar-refractivity contribution in [2.75, 3.05) is 4.90 Å². The quantitative estimate of drug-likeness (QED) is 0.615. The van der Waals surface area contributed by atoms with Crippen molar-refractivity contribution >= 4 is 51.9 Å². The summed E-state index contributed by atoms with van der Waals surface area (Å²) in [5.74, 6) is -1.37. The van der Waals surface area contributed by atoms with E-state index in [2.05, 4.69) is 4.98 Å². The molecule has 0 atom stereocenters. The molecule has 0 N–H and O–H groups in total. The Morgan fingerprint density at radius 1 is 1.25 bits per heavy atom. The van der Waals surface area contributed by atoms with Gasteiger partial charge in [0.2, 0.25) is 0 Å². The van der Waals surface area contributed by atoms with Crippen LogP contribution in [0.25, 0.3) is 6.08 Å². The second-order valence-corrected chi connectivity index (χ2v) is 6.66. The Morgan fingerprint density at radius 2 is 2.00 bits per heavy atom. The van der Waals surface area contributed by atoms with Crippen LogP contribution in [0.1, 0.15) is 11.3 Å². The van der Waals surface area contributed by atoms with E-state index in [-0.39, 0.29) is 12.3 Å². The molecule has 1 aliphatic heterocycles. The molecule has 0 saturated carbocycles. The van der Waals surface area contributed by atoms with Gasteiger partial charge in [0, 0.05) is 18.6 Å². The summed E-state index contributed by atoms with van der Waals surface area (Å²) in [6.07, 6.45) is 3.19. The van der Waals surface area contributed by atoms with Gasteiger partial charge in [0.05, 0.1) is 16.3 Å². The average Bonchev–Trinajstić information content (AvgIpc) is 2.83. The lowest BCUT2D eigenvalue weighted by Gasteiger charge is -2.15. The molecule has 7 heteroatoms. The van der Waals surface area contributed by atoms with E-state index >= 15 is 0 Å². The van der Waals surface area contributed by atoms with Gasteiger partial charge in [-0.25, -0.2) is 0 Å². The number of nitrogens with zero attached hydrogens (tertiary/aromatic N) is 2. The number of thioether (sulfide) groups is 1. The van der Waals surface area contributed by atoms with E-state index in [4.69, 9.17) is 12.2 Å². The van der Waals surface area contributed by atoms with E-state index in [1.807, 2.05) is 6.07 Å². The van der Waals surface area contributed by atoms with Crippen LogP contribution >= 0.6 is 24.0 Å². The van der Waals surface area contributed by atoms with Crippen LogP contribution in [0.4, 0.5) is 5.69 Å². The standard InChI is InChI=1S/C17H12N2O3S2/c20-15(21)9-11-4-6-13(7-5-11)19-16(22)14(24-17(19)23)10-12-3-1-2-8-18-12/h1-8,10H,9H2,(H,20,21)/p-1/b14-10-. The van der Waals surface area contributed by atoms with Crippen molar-refractivity contribution in [2.45, 2.75) is 6.42 Å². The van der Waals surface area contributed by atoms with E-state index in [1.165, 1.54) is 16.7 Å². The van der Waals surface area contributed by atoms with Crippen LogP contribution in [0.5, 0.6) is 0 Å². The summed E-state index contributed by atoms with van der Waals surface area (Å²) in [7, 11) is 0. The minimum absolute atomic E-state index is 0.168. The van der Waals surface area contributed by atoms with Crippen molar-refractivity contribution in [2.24, 2.45) is 0 Å². The molecule has 1 fully saturated rings. The van der Waals surface area contributed by atoms with E-state index in [0.717, 1.165) is 0 Å². The minimum atomic E-state index is -1.15. The number of aliphatic carboxylic acids is 1. The van der Waals surface area contributed by atoms with E-state index in [1.54, 1.807) is 48.7 Å². The number of amides is 1. The molecule has 2 aromatic rings. The molecule has 1 amide bonds. The van der Waals surface area contributed by atoms with Gasteiger partial charge in [0.25, 0.3) is 5.91 Å². The largest absolute Gasteiger partial charge is 0.550 e. The monoisotopic (exact) mass is 355 g/mol. The van der Waals surface area contributed by atoms with E-state index in [9.17, 15) is 14.7 Å². The molecule has 2 heterocycles. The van der Waals surface area contributed by atoms with Gasteiger partial charge in [0.1, 0.15) is 0 Å². The van der Waals surface area contributed by atoms with Crippen molar-refractivity contribution in [3.8, 4) is 0 Å². The van der Waals surface area contributed by atoms with Crippen molar-refractivity contribution in [1.29, 1.82) is 0 Å². The third kappa shape index (κ3) is 3.52. The molecule has 3 rings (SSSR count). The maximum absolute atomic E-state index is 12.6. The SMILES string of the molecule is O=C([O-])Cc1ccc(N2C(=O)/C(=C/c3ccccn3)SC2=S)cc1. The fraction of sp³-hybridized carbons (Fsp3) is 0.0588. The first-order chi connectivity index (χ1) is 11.5. The molecule has 1 aromatic heterocycles. The topological polar surface area (TPSA) is 73.3 Å². The van der Waals surface area contributed by atoms with E-state index in [0.29, 0.717) is 26.2 Å². The molecule has 0 unspecified atom stereocenters. The summed E-state index contributed by atoms with van der Waals surface area (Å²) in [4.78, 5) is 29.3. The summed E-state index contributed by atoms with van der Waals surface area (Å²) < 4.78 is 0.426. The Balaban J connectivity index is 1.84. The fourth-order valence-electron chi connectivity index (χ4n) is 2.22. The molecule has 5 nitrogen and oxygen atoms in total. The number of rotatable bonds is 4. The fourth-order valence-corrected chi connectivity index (χ4v) is 3.50. The zero-order valence-corrected chi connectivity index (χ0v) is 14.0. The number of thiocarbonyl (C=S) groups is 1. The molecule has 24 heavy (non-hydrogen) atoms. The highest BCUT2D eigenvalue weighted by atomic mass is 32.2. The Morgan fingerprint density at radius 3 is 2.62 bits per heavy atom. The zero-order valence-electron chi connectivity index (χ0n) is 12.3. The van der Waals surface area contributed by atoms with Gasteiger partial charge in [-0.15, -0.1) is 0 Å². The number of benzene rings is 1. The molecule has 1 aliphatic rings. The van der Waals surface area contributed by atoms with Crippen molar-refractivity contribution < 1.29 is 14.7 Å². The summed E-state index contributed by atoms with van der Waals surface area (Å²) in [6.45, 7) is 0. The van der Waals surface area contributed by atoms with Crippen molar-refractivity contribution in [3.05, 3.63) is 64.8 Å². The highest BCUT2D eigenvalue weighted by molar-refractivity contribution is 8.27. The predicted molar refractivity (Wildman–Crippen MR) is 95.0 cm³/mol. The van der Waals surface area contributed by atoms with Gasteiger partial charge in [-0.05, 0) is 35.9 Å². The molecule has 0 spiro atoms. The Labute approximate surface area is 148 Å². The lowest BCUT2D eigenvalue weighted by molar-refractivity contribution is -0.304. The minimum Gasteiger partial charge on any atom is -0.550 e. The van der Waals surface area contributed by atoms with Gasteiger partial charge >= 0.3 is 0 Å². The first-order valence-corrected chi connectivity index (χ1v) is 8.25. The molecule has 0 aliphatic carbocycles. The molecule has 0 radical (unpaired) electrons. The third-order valence-electron chi connectivity index (χ3n) is 3.30. The van der Waals surface area contributed by atoms with E-state index < -0.39 is 5.97 Å².